The highest BCUT2D eigenvalue weighted by molar-refractivity contribution is 7.45. The van der Waals surface area contributed by atoms with Gasteiger partial charge in [0.05, 0.1) is 33.8 Å². The van der Waals surface area contributed by atoms with Gasteiger partial charge >= 0.3 is 5.97 Å². The smallest absolute Gasteiger partial charge is 0.306 e. The maximum absolute atomic E-state index is 13.6. The molecule has 0 saturated carbocycles. The van der Waals surface area contributed by atoms with Gasteiger partial charge in [0.2, 0.25) is 5.91 Å². The van der Waals surface area contributed by atoms with Crippen molar-refractivity contribution < 1.29 is 37.3 Å². The van der Waals surface area contributed by atoms with E-state index in [0.29, 0.717) is 17.4 Å². The standard InChI is InChI=1S/C73H137N2O7P/c1-7-10-13-16-19-22-25-28-30-32-34-36-37-39-41-43-45-48-51-54-57-60-63-66-73(77)82-71(64-61-58-55-52-49-46-27-24-21-18-15-12-9-3)70(69-81-83(78,79)80-68-67-75(4,5)6)74-72(76)65-62-59-56-53-50-47-44-42-40-38-35-33-31-29-26-23-20-17-14-11-8-2/h19-20,22-23,28-31,61,64,70-71H,7-18,21,24-27,32-60,62-63,65-69H2,1-6H3,(H-,74,76,78,79)/b22-19-,23-20-,30-28-,31-29-,64-61+. The van der Waals surface area contributed by atoms with Gasteiger partial charge in [0.25, 0.3) is 7.82 Å². The molecule has 3 atom stereocenters. The molecule has 1 amide bonds. The molecular weight excluding hydrogens is 1050 g/mol. The normalized spacial score (nSPS) is 13.9. The lowest BCUT2D eigenvalue weighted by molar-refractivity contribution is -0.870. The fraction of sp³-hybridized carbons (Fsp3) is 0.836. The van der Waals surface area contributed by atoms with Gasteiger partial charge in [-0.25, -0.2) is 0 Å². The number of rotatable bonds is 65. The SMILES string of the molecule is CCCCC/C=C\C/C=C\CCCCCCCCCCCCCCCC(=O)OC(/C=C/CCCCCCCCCCCCC)C(COP(=O)([O-])OCC[N+](C)(C)C)NC(=O)CCCCCCCCCCCCC/C=C\C/C=C\CCCCC. The summed E-state index contributed by atoms with van der Waals surface area (Å²) in [5.74, 6) is -0.531. The molecule has 0 aromatic rings. The summed E-state index contributed by atoms with van der Waals surface area (Å²) in [6.07, 6.45) is 80.5. The van der Waals surface area contributed by atoms with Crippen LogP contribution in [0.2, 0.25) is 0 Å². The van der Waals surface area contributed by atoms with Crippen molar-refractivity contribution >= 4 is 19.7 Å². The molecule has 10 heteroatoms. The van der Waals surface area contributed by atoms with Crippen molar-refractivity contribution in [3.05, 3.63) is 60.8 Å². The monoisotopic (exact) mass is 1190 g/mol. The van der Waals surface area contributed by atoms with Gasteiger partial charge < -0.3 is 28.5 Å². The second-order valence-corrected chi connectivity index (χ2v) is 26.8. The number of carbonyl (C=O) groups is 2. The maximum atomic E-state index is 13.6. The molecule has 0 bridgehead atoms. The Morgan fingerprint density at radius 1 is 0.422 bits per heavy atom. The van der Waals surface area contributed by atoms with Crippen LogP contribution in [0.3, 0.4) is 0 Å². The lowest BCUT2D eigenvalue weighted by atomic mass is 10.0. The van der Waals surface area contributed by atoms with Crippen molar-refractivity contribution in [1.82, 2.24) is 5.32 Å². The Morgan fingerprint density at radius 2 is 0.735 bits per heavy atom. The number of amides is 1. The molecule has 83 heavy (non-hydrogen) atoms. The van der Waals surface area contributed by atoms with E-state index in [9.17, 15) is 19.0 Å². The Hall–Kier alpha value is -2.29. The number of unbranched alkanes of at least 4 members (excludes halogenated alkanes) is 41. The molecule has 486 valence electrons. The first-order chi connectivity index (χ1) is 40.4. The molecule has 0 aliphatic rings. The van der Waals surface area contributed by atoms with Gasteiger partial charge in [-0.15, -0.1) is 0 Å². The number of ether oxygens (including phenoxy) is 1. The highest BCUT2D eigenvalue weighted by atomic mass is 31.2. The Kier molecular flexibility index (Phi) is 61.0. The van der Waals surface area contributed by atoms with Crippen LogP contribution in [0.5, 0.6) is 0 Å². The second kappa shape index (κ2) is 62.8. The molecule has 0 aromatic carbocycles. The molecule has 0 heterocycles. The van der Waals surface area contributed by atoms with Crippen LogP contribution in [0.1, 0.15) is 342 Å². The topological polar surface area (TPSA) is 114 Å². The minimum atomic E-state index is -4.71. The largest absolute Gasteiger partial charge is 0.756 e. The summed E-state index contributed by atoms with van der Waals surface area (Å²) < 4.78 is 30.5. The molecule has 0 fully saturated rings. The van der Waals surface area contributed by atoms with Gasteiger partial charge in [-0.3, -0.25) is 14.2 Å². The van der Waals surface area contributed by atoms with Crippen LogP contribution >= 0.6 is 7.82 Å². The van der Waals surface area contributed by atoms with Crippen LogP contribution in [-0.2, 0) is 27.9 Å². The third-order valence-corrected chi connectivity index (χ3v) is 16.9. The molecule has 0 aromatic heterocycles. The summed E-state index contributed by atoms with van der Waals surface area (Å²) >= 11 is 0. The molecule has 0 saturated heterocycles. The number of hydrogen-bond donors (Lipinski definition) is 1. The van der Waals surface area contributed by atoms with Crippen molar-refractivity contribution in [2.75, 3.05) is 40.9 Å². The number of carbonyl (C=O) groups excluding carboxylic acids is 2. The van der Waals surface area contributed by atoms with E-state index in [4.69, 9.17) is 13.8 Å². The number of phosphoric ester groups is 1. The van der Waals surface area contributed by atoms with E-state index in [-0.39, 0.29) is 31.5 Å². The summed E-state index contributed by atoms with van der Waals surface area (Å²) in [6, 6.07) is -0.891. The molecule has 0 spiro atoms. The summed E-state index contributed by atoms with van der Waals surface area (Å²) in [6.45, 7) is 6.84. The predicted molar refractivity (Wildman–Crippen MR) is 358 cm³/mol. The zero-order chi connectivity index (χ0) is 60.7. The van der Waals surface area contributed by atoms with E-state index in [1.54, 1.807) is 0 Å². The number of esters is 1. The predicted octanol–water partition coefficient (Wildman–Crippen LogP) is 21.9. The maximum Gasteiger partial charge on any atom is 0.306 e. The molecule has 3 unspecified atom stereocenters. The van der Waals surface area contributed by atoms with Gasteiger partial charge in [-0.1, -0.05) is 294 Å². The van der Waals surface area contributed by atoms with E-state index < -0.39 is 20.0 Å². The summed E-state index contributed by atoms with van der Waals surface area (Å²) in [5.41, 5.74) is 0. The number of quaternary nitrogens is 1. The number of hydrogen-bond acceptors (Lipinski definition) is 7. The highest BCUT2D eigenvalue weighted by Gasteiger charge is 2.27. The number of phosphoric acid groups is 1. The number of nitrogens with one attached hydrogen (secondary N) is 1. The van der Waals surface area contributed by atoms with Crippen LogP contribution in [0.4, 0.5) is 0 Å². The Balaban J connectivity index is 5.10. The lowest BCUT2D eigenvalue weighted by Crippen LogP contribution is -2.47. The lowest BCUT2D eigenvalue weighted by Gasteiger charge is -2.30. The molecule has 0 aliphatic heterocycles. The third-order valence-electron chi connectivity index (χ3n) is 15.9. The van der Waals surface area contributed by atoms with E-state index in [2.05, 4.69) is 74.7 Å². The molecule has 1 N–H and O–H groups in total. The van der Waals surface area contributed by atoms with Gasteiger partial charge in [-0.05, 0) is 96.0 Å². The van der Waals surface area contributed by atoms with Crippen LogP contribution < -0.4 is 10.2 Å². The molecular formula is C73H137N2O7P. The third kappa shape index (κ3) is 64.0. The summed E-state index contributed by atoms with van der Waals surface area (Å²) in [5, 5.41) is 3.05. The Bertz CT molecular complexity index is 1600. The minimum Gasteiger partial charge on any atom is -0.756 e. The van der Waals surface area contributed by atoms with Gasteiger partial charge in [-0.2, -0.15) is 0 Å². The number of likely N-dealkylation sites (N-methyl/N-ethyl adjacent to an activating group) is 1. The molecule has 9 nitrogen and oxygen atoms in total. The van der Waals surface area contributed by atoms with E-state index in [1.807, 2.05) is 33.3 Å². The van der Waals surface area contributed by atoms with Crippen LogP contribution in [0, 0.1) is 0 Å². The Labute approximate surface area is 515 Å². The first kappa shape index (κ1) is 80.7. The summed E-state index contributed by atoms with van der Waals surface area (Å²) in [7, 11) is 1.19. The van der Waals surface area contributed by atoms with Crippen LogP contribution in [0.15, 0.2) is 60.8 Å². The van der Waals surface area contributed by atoms with E-state index in [1.165, 1.54) is 238 Å². The van der Waals surface area contributed by atoms with E-state index in [0.717, 1.165) is 70.6 Å². The Morgan fingerprint density at radius 3 is 1.11 bits per heavy atom. The number of nitrogens with zero attached hydrogens (tertiary/aromatic N) is 1. The van der Waals surface area contributed by atoms with Crippen LogP contribution in [-0.4, -0.2) is 69.4 Å². The van der Waals surface area contributed by atoms with Crippen molar-refractivity contribution in [3.63, 3.8) is 0 Å². The fourth-order valence-electron chi connectivity index (χ4n) is 10.4. The van der Waals surface area contributed by atoms with Crippen molar-refractivity contribution in [3.8, 4) is 0 Å². The average Bonchev–Trinajstić information content (AvgIpc) is 3.47. The minimum absolute atomic E-state index is 0.0225. The van der Waals surface area contributed by atoms with Gasteiger partial charge in [0, 0.05) is 12.8 Å². The fourth-order valence-corrected chi connectivity index (χ4v) is 11.1. The first-order valence-corrected chi connectivity index (χ1v) is 37.1. The van der Waals surface area contributed by atoms with Crippen LogP contribution in [0.25, 0.3) is 0 Å². The van der Waals surface area contributed by atoms with Crippen molar-refractivity contribution in [2.24, 2.45) is 0 Å². The van der Waals surface area contributed by atoms with Crippen molar-refractivity contribution in [1.29, 1.82) is 0 Å². The van der Waals surface area contributed by atoms with Crippen molar-refractivity contribution in [2.45, 2.75) is 354 Å². The van der Waals surface area contributed by atoms with Gasteiger partial charge in [0.1, 0.15) is 19.3 Å². The average molecular weight is 1190 g/mol. The zero-order valence-corrected chi connectivity index (χ0v) is 56.6. The van der Waals surface area contributed by atoms with E-state index >= 15 is 0 Å². The molecule has 0 aliphatic carbocycles. The second-order valence-electron chi connectivity index (χ2n) is 25.4. The number of allylic oxidation sites excluding steroid dienone is 9. The highest BCUT2D eigenvalue weighted by Crippen LogP contribution is 2.38. The van der Waals surface area contributed by atoms with Gasteiger partial charge in [0.15, 0.2) is 0 Å². The summed E-state index contributed by atoms with van der Waals surface area (Å²) in [4.78, 5) is 40.2. The molecule has 0 radical (unpaired) electrons. The quantitative estimate of drug-likeness (QED) is 0.0212. The molecule has 0 rings (SSSR count). The first-order valence-electron chi connectivity index (χ1n) is 35.6. The zero-order valence-electron chi connectivity index (χ0n) is 55.7.